The van der Waals surface area contributed by atoms with Crippen molar-refractivity contribution in [3.8, 4) is 0 Å². The second-order valence-corrected chi connectivity index (χ2v) is 5.07. The molecule has 0 aromatic carbocycles. The molecule has 4 nitrogen and oxygen atoms in total. The van der Waals surface area contributed by atoms with Crippen LogP contribution in [-0.4, -0.2) is 27.5 Å². The summed E-state index contributed by atoms with van der Waals surface area (Å²) < 4.78 is 24.6. The molecule has 1 N–H and O–H groups in total. The highest BCUT2D eigenvalue weighted by atomic mass is 32.2. The zero-order valence-corrected chi connectivity index (χ0v) is 10.1. The molecule has 1 aliphatic carbocycles. The van der Waals surface area contributed by atoms with Gasteiger partial charge in [0.1, 0.15) is 0 Å². The summed E-state index contributed by atoms with van der Waals surface area (Å²) in [7, 11) is 0. The van der Waals surface area contributed by atoms with Crippen LogP contribution < -0.4 is 5.32 Å². The lowest BCUT2D eigenvalue weighted by molar-refractivity contribution is 0.240. The second kappa shape index (κ2) is 6.58. The quantitative estimate of drug-likeness (QED) is 0.559. The van der Waals surface area contributed by atoms with Crippen LogP contribution in [0.1, 0.15) is 45.4 Å². The van der Waals surface area contributed by atoms with E-state index >= 15 is 0 Å². The van der Waals surface area contributed by atoms with Gasteiger partial charge in [-0.25, -0.2) is 4.21 Å². The summed E-state index contributed by atoms with van der Waals surface area (Å²) in [6.07, 6.45) is 7.12. The molecular formula is C10H20NO3S-. The van der Waals surface area contributed by atoms with Crippen molar-refractivity contribution in [2.45, 2.75) is 51.0 Å². The van der Waals surface area contributed by atoms with Crippen LogP contribution in [0.15, 0.2) is 0 Å². The molecule has 0 aromatic rings. The summed E-state index contributed by atoms with van der Waals surface area (Å²) in [6, 6.07) is 0. The molecule has 1 saturated carbocycles. The van der Waals surface area contributed by atoms with Gasteiger partial charge in [-0.05, 0) is 32.7 Å². The summed E-state index contributed by atoms with van der Waals surface area (Å²) in [6.45, 7) is 3.35. The van der Waals surface area contributed by atoms with Crippen LogP contribution >= 0.6 is 0 Å². The first-order valence-corrected chi connectivity index (χ1v) is 6.60. The maximum Gasteiger partial charge on any atom is 0.0842 e. The average Bonchev–Trinajstić information content (AvgIpc) is 2.17. The minimum Gasteiger partial charge on any atom is -0.750 e. The molecule has 0 saturated heterocycles. The van der Waals surface area contributed by atoms with E-state index < -0.39 is 11.4 Å². The van der Waals surface area contributed by atoms with Gasteiger partial charge in [-0.15, -0.1) is 0 Å². The molecule has 15 heavy (non-hydrogen) atoms. The standard InChI is InChI=1S/C10H21NO3S/c1-10(6-3-2-4-7-10)11-8-5-9-14-15(12)13/h11H,2-9H2,1H3,(H,12,13)/p-1. The van der Waals surface area contributed by atoms with E-state index in [9.17, 15) is 8.76 Å². The van der Waals surface area contributed by atoms with Gasteiger partial charge in [0.05, 0.1) is 18.0 Å². The van der Waals surface area contributed by atoms with Gasteiger partial charge < -0.3 is 14.1 Å². The maximum absolute atomic E-state index is 10.1. The summed E-state index contributed by atoms with van der Waals surface area (Å²) >= 11 is -2.36. The first-order chi connectivity index (χ1) is 7.12. The minimum absolute atomic E-state index is 0.259. The first-order valence-electron chi connectivity index (χ1n) is 5.60. The lowest BCUT2D eigenvalue weighted by Gasteiger charge is -2.34. The summed E-state index contributed by atoms with van der Waals surface area (Å²) in [5, 5.41) is 3.49. The predicted molar refractivity (Wildman–Crippen MR) is 59.0 cm³/mol. The van der Waals surface area contributed by atoms with Crippen LogP contribution in [0.5, 0.6) is 0 Å². The third-order valence-corrected chi connectivity index (χ3v) is 3.37. The van der Waals surface area contributed by atoms with E-state index in [-0.39, 0.29) is 12.1 Å². The molecule has 5 heteroatoms. The molecular weight excluding hydrogens is 214 g/mol. The first kappa shape index (κ1) is 13.1. The molecule has 0 amide bonds. The van der Waals surface area contributed by atoms with Crippen molar-refractivity contribution in [2.75, 3.05) is 13.2 Å². The third-order valence-electron chi connectivity index (χ3n) is 3.01. The van der Waals surface area contributed by atoms with Crippen LogP contribution in [0.2, 0.25) is 0 Å². The molecule has 1 atom stereocenters. The van der Waals surface area contributed by atoms with Gasteiger partial charge in [-0.1, -0.05) is 19.3 Å². The van der Waals surface area contributed by atoms with E-state index in [4.69, 9.17) is 0 Å². The molecule has 0 spiro atoms. The maximum atomic E-state index is 10.1. The summed E-state index contributed by atoms with van der Waals surface area (Å²) in [5.74, 6) is 0. The fraction of sp³-hybridized carbons (Fsp3) is 1.00. The largest absolute Gasteiger partial charge is 0.750 e. The van der Waals surface area contributed by atoms with Crippen LogP contribution in [-0.2, 0) is 15.5 Å². The lowest BCUT2D eigenvalue weighted by atomic mass is 9.83. The highest BCUT2D eigenvalue weighted by Gasteiger charge is 2.25. The van der Waals surface area contributed by atoms with Crippen LogP contribution in [0.25, 0.3) is 0 Å². The Balaban J connectivity index is 2.05. The van der Waals surface area contributed by atoms with E-state index in [1.807, 2.05) is 0 Å². The zero-order valence-electron chi connectivity index (χ0n) is 9.29. The molecule has 0 aromatic heterocycles. The topological polar surface area (TPSA) is 61.4 Å². The Morgan fingerprint density at radius 1 is 1.40 bits per heavy atom. The molecule has 0 bridgehead atoms. The van der Waals surface area contributed by atoms with Gasteiger partial charge in [0.15, 0.2) is 0 Å². The normalized spacial score (nSPS) is 22.5. The molecule has 90 valence electrons. The Hall–Kier alpha value is 0.0300. The summed E-state index contributed by atoms with van der Waals surface area (Å²) in [4.78, 5) is 0. The van der Waals surface area contributed by atoms with Gasteiger partial charge in [0, 0.05) is 5.54 Å². The van der Waals surface area contributed by atoms with E-state index in [1.165, 1.54) is 32.1 Å². The second-order valence-electron chi connectivity index (χ2n) is 4.43. The van der Waals surface area contributed by atoms with E-state index in [2.05, 4.69) is 16.4 Å². The van der Waals surface area contributed by atoms with Gasteiger partial charge >= 0.3 is 0 Å². The van der Waals surface area contributed by atoms with Crippen molar-refractivity contribution in [3.05, 3.63) is 0 Å². The highest BCUT2D eigenvalue weighted by Crippen LogP contribution is 2.27. The van der Waals surface area contributed by atoms with Gasteiger partial charge in [0.25, 0.3) is 0 Å². The minimum atomic E-state index is -2.36. The van der Waals surface area contributed by atoms with Crippen LogP contribution in [0.4, 0.5) is 0 Å². The Labute approximate surface area is 94.3 Å². The Morgan fingerprint density at radius 3 is 2.67 bits per heavy atom. The lowest BCUT2D eigenvalue weighted by Crippen LogP contribution is -2.44. The van der Waals surface area contributed by atoms with Gasteiger partial charge in [0.2, 0.25) is 0 Å². The third kappa shape index (κ3) is 5.61. The Morgan fingerprint density at radius 2 is 2.07 bits per heavy atom. The fourth-order valence-corrected chi connectivity index (χ4v) is 2.35. The van der Waals surface area contributed by atoms with Crippen molar-refractivity contribution in [1.29, 1.82) is 0 Å². The zero-order chi connectivity index (χ0) is 11.1. The van der Waals surface area contributed by atoms with E-state index in [1.54, 1.807) is 0 Å². The van der Waals surface area contributed by atoms with Crippen molar-refractivity contribution < 1.29 is 12.9 Å². The Kier molecular flexibility index (Phi) is 5.74. The van der Waals surface area contributed by atoms with E-state index in [0.717, 1.165) is 13.0 Å². The summed E-state index contributed by atoms with van der Waals surface area (Å²) in [5.41, 5.74) is 0.259. The molecule has 0 aliphatic heterocycles. The van der Waals surface area contributed by atoms with Crippen molar-refractivity contribution in [2.24, 2.45) is 0 Å². The van der Waals surface area contributed by atoms with Crippen molar-refractivity contribution in [1.82, 2.24) is 5.32 Å². The highest BCUT2D eigenvalue weighted by molar-refractivity contribution is 7.74. The number of rotatable bonds is 6. The number of nitrogens with one attached hydrogen (secondary N) is 1. The van der Waals surface area contributed by atoms with Crippen molar-refractivity contribution >= 4 is 11.4 Å². The van der Waals surface area contributed by atoms with Gasteiger partial charge in [-0.3, -0.25) is 0 Å². The molecule has 1 fully saturated rings. The Bertz CT molecular complexity index is 205. The molecule has 1 rings (SSSR count). The van der Waals surface area contributed by atoms with Crippen LogP contribution in [0, 0.1) is 0 Å². The number of hydrogen-bond acceptors (Lipinski definition) is 4. The average molecular weight is 234 g/mol. The molecule has 1 aliphatic rings. The predicted octanol–water partition coefficient (Wildman–Crippen LogP) is 1.50. The fourth-order valence-electron chi connectivity index (χ4n) is 2.10. The molecule has 0 radical (unpaired) electrons. The van der Waals surface area contributed by atoms with Crippen molar-refractivity contribution in [3.63, 3.8) is 0 Å². The SMILES string of the molecule is CC1(NCCCOS(=O)[O-])CCCCC1. The molecule has 0 heterocycles. The van der Waals surface area contributed by atoms with Crippen LogP contribution in [0.3, 0.4) is 0 Å². The van der Waals surface area contributed by atoms with E-state index in [0.29, 0.717) is 0 Å². The monoisotopic (exact) mass is 234 g/mol. The molecule has 1 unspecified atom stereocenters. The number of hydrogen-bond donors (Lipinski definition) is 1. The smallest absolute Gasteiger partial charge is 0.0842 e. The van der Waals surface area contributed by atoms with Gasteiger partial charge in [-0.2, -0.15) is 0 Å².